The van der Waals surface area contributed by atoms with Gasteiger partial charge in [-0.2, -0.15) is 0 Å². The van der Waals surface area contributed by atoms with Crippen LogP contribution in [0.5, 0.6) is 0 Å². The van der Waals surface area contributed by atoms with Gasteiger partial charge in [-0.3, -0.25) is 14.4 Å². The molecule has 0 spiro atoms. The van der Waals surface area contributed by atoms with E-state index in [4.69, 9.17) is 9.47 Å². The Bertz CT molecular complexity index is 787. The predicted molar refractivity (Wildman–Crippen MR) is 179 cm³/mol. The number of phosphoric ester groups is 1. The summed E-state index contributed by atoms with van der Waals surface area (Å²) in [5.41, 5.74) is 0. The van der Waals surface area contributed by atoms with Gasteiger partial charge in [0.2, 0.25) is 0 Å². The maximum Gasteiger partial charge on any atom is 1.00 e. The normalized spacial score (nSPS) is 11.7. The zero-order chi connectivity index (χ0) is 33.4. The molecule has 0 rings (SSSR count). The summed E-state index contributed by atoms with van der Waals surface area (Å²) in [4.78, 5) is 57.2. The zero-order valence-electron chi connectivity index (χ0n) is 30.4. The molecule has 0 aliphatic heterocycles. The monoisotopic (exact) mass is 724 g/mol. The number of hydrogen-bond acceptors (Lipinski definition) is 10. The Balaban J connectivity index is -0.00000968. The summed E-state index contributed by atoms with van der Waals surface area (Å²) < 4.78 is 25.7. The fourth-order valence-corrected chi connectivity index (χ4v) is 6.07. The molecule has 0 aliphatic carbocycles. The third kappa shape index (κ3) is 43.2. The molecule has 0 saturated heterocycles. The number of ether oxygens (including phenoxy) is 2. The fraction of sp³-hybridized carbons (Fsp3) is 0.912. The molecule has 0 amide bonds. The molecule has 0 aliphatic rings. The molecule has 0 unspecified atom stereocenters. The molecule has 0 aromatic heterocycles. The van der Waals surface area contributed by atoms with E-state index in [9.17, 15) is 28.7 Å². The maximum atomic E-state index is 12.3. The van der Waals surface area contributed by atoms with Gasteiger partial charge in [-0.15, -0.1) is 0 Å². The van der Waals surface area contributed by atoms with E-state index < -0.39 is 32.5 Å². The van der Waals surface area contributed by atoms with E-state index in [0.29, 0.717) is 12.8 Å². The van der Waals surface area contributed by atoms with Gasteiger partial charge in [-0.1, -0.05) is 147 Å². The molecule has 0 aromatic rings. The Labute approximate surface area is 335 Å². The van der Waals surface area contributed by atoms with Crippen LogP contribution in [-0.2, 0) is 32.9 Å². The standard InChI is InChI=1S/C34H65O9PS.2Na/c1-3-4-5-6-7-8-9-10-11-15-18-21-24-27-34(37)43-32(30-42-44(38,39)40)29-41-33(36)26-23-20-17-14-12-13-16-19-22-25-28-45-31(2)35;;/h32H,3-30H2,1-2H3,(H2,38,39,40);;/q;2*+1/p-2/t32-;;/m1../s1. The number of carbonyl (C=O) groups is 3. The molecular formula is C34H63Na2O9PS. The number of hydrogen-bond donors (Lipinski definition) is 0. The van der Waals surface area contributed by atoms with Crippen molar-refractivity contribution in [1.29, 1.82) is 0 Å². The number of carbonyl (C=O) groups excluding carboxylic acids is 3. The van der Waals surface area contributed by atoms with Crippen molar-refractivity contribution in [3.05, 3.63) is 0 Å². The molecule has 0 aromatic carbocycles. The van der Waals surface area contributed by atoms with Gasteiger partial charge >= 0.3 is 71.1 Å². The molecule has 47 heavy (non-hydrogen) atoms. The first-order valence-corrected chi connectivity index (χ1v) is 20.2. The molecular weight excluding hydrogens is 661 g/mol. The van der Waals surface area contributed by atoms with E-state index in [2.05, 4.69) is 11.4 Å². The van der Waals surface area contributed by atoms with Crippen molar-refractivity contribution in [2.75, 3.05) is 19.0 Å². The quantitative estimate of drug-likeness (QED) is 0.0429. The number of esters is 2. The van der Waals surface area contributed by atoms with Gasteiger partial charge in [0.25, 0.3) is 0 Å². The molecule has 1 atom stereocenters. The molecule has 0 fully saturated rings. The average molecular weight is 725 g/mol. The molecule has 0 saturated carbocycles. The largest absolute Gasteiger partial charge is 1.00 e. The average Bonchev–Trinajstić information content (AvgIpc) is 2.98. The second-order valence-electron chi connectivity index (χ2n) is 12.2. The number of rotatable bonds is 33. The van der Waals surface area contributed by atoms with Crippen LogP contribution in [0.1, 0.15) is 174 Å². The summed E-state index contributed by atoms with van der Waals surface area (Å²) in [6, 6.07) is 0. The first-order chi connectivity index (χ1) is 21.6. The second-order valence-corrected chi connectivity index (χ2v) is 14.6. The van der Waals surface area contributed by atoms with Gasteiger partial charge in [-0.05, 0) is 19.3 Å². The van der Waals surface area contributed by atoms with Crippen LogP contribution in [0.4, 0.5) is 0 Å². The SMILES string of the molecule is CCCCCCCCCCCCCCCC(=O)O[C@H](COC(=O)CCCCCCCCCCCCSC(C)=O)COP(=O)([O-])[O-].[Na+].[Na+]. The minimum atomic E-state index is -5.25. The van der Waals surface area contributed by atoms with Crippen LogP contribution in [-0.4, -0.2) is 42.1 Å². The molecule has 266 valence electrons. The fourth-order valence-electron chi connectivity index (χ4n) is 5.08. The van der Waals surface area contributed by atoms with Crippen LogP contribution in [0.3, 0.4) is 0 Å². The van der Waals surface area contributed by atoms with Crippen LogP contribution in [0.2, 0.25) is 0 Å². The molecule has 13 heteroatoms. The Hall–Kier alpha value is 1.07. The first kappa shape index (κ1) is 52.4. The number of thioether (sulfide) groups is 1. The molecule has 0 bridgehead atoms. The van der Waals surface area contributed by atoms with Gasteiger partial charge in [0.1, 0.15) is 6.61 Å². The van der Waals surface area contributed by atoms with Crippen molar-refractivity contribution in [3.8, 4) is 0 Å². The van der Waals surface area contributed by atoms with Crippen molar-refractivity contribution < 1.29 is 102 Å². The Kier molecular flexibility index (Phi) is 42.7. The predicted octanol–water partition coefficient (Wildman–Crippen LogP) is 2.35. The summed E-state index contributed by atoms with van der Waals surface area (Å²) >= 11 is 1.40. The van der Waals surface area contributed by atoms with Crippen LogP contribution >= 0.6 is 19.6 Å². The topological polar surface area (TPSA) is 142 Å². The Morgan fingerprint density at radius 1 is 0.596 bits per heavy atom. The summed E-state index contributed by atoms with van der Waals surface area (Å²) in [5.74, 6) is -0.0663. The second kappa shape index (κ2) is 38.3. The Morgan fingerprint density at radius 3 is 1.38 bits per heavy atom. The van der Waals surface area contributed by atoms with Crippen molar-refractivity contribution in [3.63, 3.8) is 0 Å². The third-order valence-electron chi connectivity index (χ3n) is 7.71. The van der Waals surface area contributed by atoms with E-state index in [0.717, 1.165) is 50.7 Å². The van der Waals surface area contributed by atoms with Gasteiger partial charge in [0, 0.05) is 25.5 Å². The minimum absolute atomic E-state index is 0. The van der Waals surface area contributed by atoms with Crippen molar-refractivity contribution in [2.24, 2.45) is 0 Å². The molecule has 0 radical (unpaired) electrons. The molecule has 0 N–H and O–H groups in total. The minimum Gasteiger partial charge on any atom is -0.790 e. The van der Waals surface area contributed by atoms with Crippen molar-refractivity contribution >= 4 is 36.6 Å². The number of phosphoric acid groups is 1. The van der Waals surface area contributed by atoms with Crippen LogP contribution < -0.4 is 68.9 Å². The summed E-state index contributed by atoms with van der Waals surface area (Å²) in [6.07, 6.45) is 25.5. The van der Waals surface area contributed by atoms with E-state index in [1.165, 1.54) is 102 Å². The van der Waals surface area contributed by atoms with Gasteiger partial charge in [0.15, 0.2) is 11.2 Å². The molecule has 0 heterocycles. The molecule has 9 nitrogen and oxygen atoms in total. The van der Waals surface area contributed by atoms with Gasteiger partial charge < -0.3 is 28.3 Å². The summed E-state index contributed by atoms with van der Waals surface area (Å²) in [7, 11) is -5.25. The van der Waals surface area contributed by atoms with Gasteiger partial charge in [-0.25, -0.2) is 0 Å². The van der Waals surface area contributed by atoms with Gasteiger partial charge in [0.05, 0.1) is 14.4 Å². The van der Waals surface area contributed by atoms with Crippen molar-refractivity contribution in [2.45, 2.75) is 180 Å². The van der Waals surface area contributed by atoms with E-state index in [1.54, 1.807) is 6.92 Å². The van der Waals surface area contributed by atoms with E-state index in [1.807, 2.05) is 0 Å². The Morgan fingerprint density at radius 2 is 0.979 bits per heavy atom. The smallest absolute Gasteiger partial charge is 0.790 e. The van der Waals surface area contributed by atoms with Crippen LogP contribution in [0.25, 0.3) is 0 Å². The summed E-state index contributed by atoms with van der Waals surface area (Å²) in [6.45, 7) is 2.82. The summed E-state index contributed by atoms with van der Waals surface area (Å²) in [5, 5.41) is 0.187. The van der Waals surface area contributed by atoms with Crippen LogP contribution in [0.15, 0.2) is 0 Å². The third-order valence-corrected chi connectivity index (χ3v) is 9.08. The maximum absolute atomic E-state index is 12.3. The zero-order valence-corrected chi connectivity index (χ0v) is 36.1. The van der Waals surface area contributed by atoms with Crippen LogP contribution in [0, 0.1) is 0 Å². The van der Waals surface area contributed by atoms with E-state index in [-0.39, 0.29) is 83.7 Å². The van der Waals surface area contributed by atoms with E-state index >= 15 is 0 Å². The first-order valence-electron chi connectivity index (χ1n) is 17.8. The number of unbranched alkanes of at least 4 members (excludes halogenated alkanes) is 21. The van der Waals surface area contributed by atoms with Crippen molar-refractivity contribution in [1.82, 2.24) is 0 Å².